The van der Waals surface area contributed by atoms with E-state index in [0.717, 1.165) is 55.6 Å². The highest BCUT2D eigenvalue weighted by Crippen LogP contribution is 2.52. The molecule has 0 aromatic heterocycles. The second-order valence-corrected chi connectivity index (χ2v) is 19.1. The highest BCUT2D eigenvalue weighted by atomic mass is 28.4. The number of aliphatic carboxylic acids is 1. The van der Waals surface area contributed by atoms with E-state index in [1.54, 1.807) is 36.4 Å². The summed E-state index contributed by atoms with van der Waals surface area (Å²) < 4.78 is 18.7. The molecule has 6 aliphatic heterocycles. The number of aromatic hydroxyl groups is 1. The minimum Gasteiger partial charge on any atom is -0.508 e. The van der Waals surface area contributed by atoms with E-state index in [9.17, 15) is 19.8 Å². The summed E-state index contributed by atoms with van der Waals surface area (Å²) in [7, 11) is -4.58. The van der Waals surface area contributed by atoms with Gasteiger partial charge in [-0.3, -0.25) is 18.7 Å². The van der Waals surface area contributed by atoms with E-state index in [0.29, 0.717) is 41.9 Å². The zero-order valence-corrected chi connectivity index (χ0v) is 35.7. The highest BCUT2D eigenvalue weighted by Gasteiger charge is 2.72. The van der Waals surface area contributed by atoms with Crippen LogP contribution in [-0.2, 0) is 26.9 Å². The van der Waals surface area contributed by atoms with Crippen molar-refractivity contribution >= 4 is 44.2 Å². The number of carboxylic acids is 1. The Morgan fingerprint density at radius 2 is 1.08 bits per heavy atom. The molecule has 65 heavy (non-hydrogen) atoms. The molecule has 0 radical (unpaired) electrons. The van der Waals surface area contributed by atoms with Gasteiger partial charge in [-0.2, -0.15) is 0 Å². The number of hydrogen-bond donors (Lipinski definition) is 4. The van der Waals surface area contributed by atoms with E-state index in [4.69, 9.17) is 28.8 Å². The first-order valence-corrected chi connectivity index (χ1v) is 23.3. The lowest BCUT2D eigenvalue weighted by Gasteiger charge is -2.48. The van der Waals surface area contributed by atoms with Crippen molar-refractivity contribution in [1.82, 2.24) is 19.8 Å². The lowest BCUT2D eigenvalue weighted by Crippen LogP contribution is -2.75. The second-order valence-electron chi connectivity index (χ2n) is 16.6. The normalized spacial score (nSPS) is 23.9. The molecule has 0 amide bonds. The van der Waals surface area contributed by atoms with Crippen molar-refractivity contribution < 1.29 is 28.7 Å². The number of phenols is 1. The Bertz CT molecular complexity index is 3080. The van der Waals surface area contributed by atoms with Crippen LogP contribution in [0.1, 0.15) is 93.1 Å². The fraction of sp³-hybridized carbons (Fsp3) is 0.160. The van der Waals surface area contributed by atoms with Crippen LogP contribution >= 0.6 is 0 Å². The maximum atomic E-state index is 15.0. The molecule has 14 nitrogen and oxygen atoms in total. The molecule has 6 aromatic rings. The van der Waals surface area contributed by atoms with Gasteiger partial charge in [-0.25, -0.2) is 20.0 Å². The van der Waals surface area contributed by atoms with Crippen molar-refractivity contribution in [2.75, 3.05) is 0 Å². The molecule has 6 aliphatic rings. The second kappa shape index (κ2) is 15.1. The summed E-state index contributed by atoms with van der Waals surface area (Å²) in [5, 5.41) is 26.9. The average molecular weight is 877 g/mol. The number of nitrogens with zero attached hydrogens (tertiary/aromatic N) is 6. The first kappa shape index (κ1) is 38.6. The van der Waals surface area contributed by atoms with Gasteiger partial charge in [0.05, 0.1) is 0 Å². The van der Waals surface area contributed by atoms with Crippen LogP contribution in [0.25, 0.3) is 0 Å². The van der Waals surface area contributed by atoms with E-state index < -0.39 is 39.3 Å². The van der Waals surface area contributed by atoms with Crippen LogP contribution in [0.2, 0.25) is 0 Å². The van der Waals surface area contributed by atoms with E-state index in [1.807, 2.05) is 112 Å². The molecule has 5 atom stereocenters. The van der Waals surface area contributed by atoms with Gasteiger partial charge in [-0.15, -0.1) is 0 Å². The van der Waals surface area contributed by atoms with Crippen molar-refractivity contribution in [3.63, 3.8) is 0 Å². The quantitative estimate of drug-likeness (QED) is 0.110. The highest BCUT2D eigenvalue weighted by molar-refractivity contribution is 6.71. The molecule has 4 N–H and O–H groups in total. The number of benzene rings is 6. The van der Waals surface area contributed by atoms with Gasteiger partial charge < -0.3 is 29.7 Å². The van der Waals surface area contributed by atoms with Gasteiger partial charge in [0, 0.05) is 57.3 Å². The number of nitrogens with one attached hydrogen (secondary N) is 2. The Hall–Kier alpha value is -8.04. The number of amidine groups is 4. The van der Waals surface area contributed by atoms with Gasteiger partial charge >= 0.3 is 14.9 Å². The third-order valence-electron chi connectivity index (χ3n) is 12.7. The van der Waals surface area contributed by atoms with Crippen LogP contribution in [0, 0.1) is 0 Å². The summed E-state index contributed by atoms with van der Waals surface area (Å²) in [4.78, 5) is 48.5. The first-order chi connectivity index (χ1) is 31.8. The number of carbonyl (C=O) groups excluding carboxylic acids is 1. The van der Waals surface area contributed by atoms with Crippen molar-refractivity contribution in [3.8, 4) is 11.5 Å². The Labute approximate surface area is 374 Å². The fourth-order valence-electron chi connectivity index (χ4n) is 9.67. The van der Waals surface area contributed by atoms with Gasteiger partial charge in [0.25, 0.3) is 5.97 Å². The minimum atomic E-state index is -4.58. The number of fused-ring (bicyclic) bond motifs is 15. The summed E-state index contributed by atoms with van der Waals surface area (Å²) in [6.07, 6.45) is -1.97. The molecule has 0 spiro atoms. The molecule has 6 heterocycles. The number of rotatable bonds is 9. The van der Waals surface area contributed by atoms with Crippen LogP contribution < -0.4 is 15.1 Å². The fourth-order valence-corrected chi connectivity index (χ4v) is 13.1. The zero-order chi connectivity index (χ0) is 43.8. The molecule has 0 saturated heterocycles. The van der Waals surface area contributed by atoms with Gasteiger partial charge in [0.15, 0.2) is 18.5 Å². The summed E-state index contributed by atoms with van der Waals surface area (Å²) in [6.45, 7) is 0. The predicted octanol–water partition coefficient (Wildman–Crippen LogP) is 7.05. The molecule has 5 unspecified atom stereocenters. The number of hydrogen-bond acceptors (Lipinski definition) is 13. The largest absolute Gasteiger partial charge is 0.732 e. The third-order valence-corrected chi connectivity index (χ3v) is 15.8. The molecule has 15 heteroatoms. The van der Waals surface area contributed by atoms with E-state index in [1.165, 1.54) is 0 Å². The van der Waals surface area contributed by atoms with Crippen LogP contribution in [0.15, 0.2) is 166 Å². The van der Waals surface area contributed by atoms with Gasteiger partial charge in [0.2, 0.25) is 0 Å². The summed E-state index contributed by atoms with van der Waals surface area (Å²) in [5.41, 5.74) is 8.74. The lowest BCUT2D eigenvalue weighted by molar-refractivity contribution is -0.138. The van der Waals surface area contributed by atoms with E-state index >= 15 is 0 Å². The zero-order valence-electron chi connectivity index (χ0n) is 34.7. The Morgan fingerprint density at radius 3 is 1.72 bits per heavy atom. The molecular weight excluding hydrogens is 837 g/mol. The Kier molecular flexibility index (Phi) is 8.94. The van der Waals surface area contributed by atoms with E-state index in [-0.39, 0.29) is 24.8 Å². The van der Waals surface area contributed by atoms with Gasteiger partial charge in [-0.1, -0.05) is 121 Å². The van der Waals surface area contributed by atoms with Crippen molar-refractivity contribution in [2.45, 2.75) is 50.3 Å². The standard InChI is InChI=1S/C50H40N8O6Si/c59-31-23-17-29(18-24-31)22-28-42(62)64-65(63-32-25-19-30(20-26-32)21-27-41(60)61)57-47-37-13-5-7-15-39(37)49(57)56-50-40-16-8-6-14-38(40)48(58(50)65)55-46-36-12-4-2-10-34(36)44(53-46)51-43-33-9-1-3-11-35(33)45(52-43)54-47/h1-20,23-26,43,46-47,50,59H,21-22,27-28H2,(H,51,53)(H,52,54)(H,60,61)/b55-48-. The number of carbonyl (C=O) groups is 2. The van der Waals surface area contributed by atoms with Gasteiger partial charge in [-0.05, 0) is 48.2 Å². The first-order valence-electron chi connectivity index (χ1n) is 21.6. The van der Waals surface area contributed by atoms with Crippen LogP contribution in [0.5, 0.6) is 11.5 Å². The average Bonchev–Trinajstić information content (AvgIpc) is 4.05. The number of carboxylic acid groups (broad SMARTS) is 1. The molecule has 0 fully saturated rings. The van der Waals surface area contributed by atoms with Crippen LogP contribution in [0.4, 0.5) is 0 Å². The topological polar surface area (TPSA) is 173 Å². The Morgan fingerprint density at radius 1 is 0.569 bits per heavy atom. The smallest absolute Gasteiger partial charge is 0.508 e. The number of aliphatic imine (C=N–C) groups is 4. The summed E-state index contributed by atoms with van der Waals surface area (Å²) in [6, 6.07) is 46.2. The van der Waals surface area contributed by atoms with Crippen molar-refractivity contribution in [1.29, 1.82) is 0 Å². The molecule has 320 valence electrons. The summed E-state index contributed by atoms with van der Waals surface area (Å²) in [5.74, 6) is 1.53. The minimum absolute atomic E-state index is 0.00662. The maximum absolute atomic E-state index is 15.0. The van der Waals surface area contributed by atoms with Crippen LogP contribution in [0.3, 0.4) is 0 Å². The molecule has 0 aliphatic carbocycles. The SMILES string of the molecule is O=C(O)CCc1ccc(O[Si]2(OC(=O)CCc3ccc(O)cc3)N3C4=NC5c6ccccc6/C(=N/C6N=C(NC7N/C(=N\C3c3ccccc34)c3ccccc37)c3ccccc36)N52)cc1. The predicted molar refractivity (Wildman–Crippen MR) is 244 cm³/mol. The van der Waals surface area contributed by atoms with E-state index in [2.05, 4.69) is 16.7 Å². The molecule has 6 bridgehead atoms. The number of aryl methyl sites for hydroxylation is 2. The molecular formula is C50H40N8O6Si. The molecule has 0 saturated carbocycles. The number of phenolic OH excluding ortho intramolecular Hbond substituents is 1. The van der Waals surface area contributed by atoms with Crippen LogP contribution in [-0.4, -0.2) is 63.5 Å². The Balaban J connectivity index is 1.12. The van der Waals surface area contributed by atoms with Crippen molar-refractivity contribution in [2.24, 2.45) is 20.0 Å². The third kappa shape index (κ3) is 6.37. The summed E-state index contributed by atoms with van der Waals surface area (Å²) >= 11 is 0. The molecule has 12 rings (SSSR count). The lowest BCUT2D eigenvalue weighted by atomic mass is 10.1. The maximum Gasteiger partial charge on any atom is 0.732 e. The van der Waals surface area contributed by atoms with Crippen molar-refractivity contribution in [3.05, 3.63) is 201 Å². The molecule has 6 aromatic carbocycles. The monoisotopic (exact) mass is 876 g/mol. The van der Waals surface area contributed by atoms with Gasteiger partial charge in [0.1, 0.15) is 41.0 Å².